The molecule has 0 aliphatic carbocycles. The lowest BCUT2D eigenvalue weighted by Gasteiger charge is -2.08. The molecule has 0 saturated heterocycles. The van der Waals surface area contributed by atoms with Gasteiger partial charge in [0.2, 0.25) is 5.91 Å². The fourth-order valence-electron chi connectivity index (χ4n) is 1.35. The molecule has 0 saturated carbocycles. The molecule has 0 fully saturated rings. The van der Waals surface area contributed by atoms with Crippen LogP contribution in [0.15, 0.2) is 16.3 Å². The molecule has 6 nitrogen and oxygen atoms in total. The predicted octanol–water partition coefficient (Wildman–Crippen LogP) is 2.68. The molecule has 0 bridgehead atoms. The van der Waals surface area contributed by atoms with Gasteiger partial charge in [-0.1, -0.05) is 11.3 Å². The van der Waals surface area contributed by atoms with Gasteiger partial charge in [0.05, 0.1) is 21.7 Å². The lowest BCUT2D eigenvalue weighted by atomic mass is 10.4. The Balaban J connectivity index is 2.20. The summed E-state index contributed by atoms with van der Waals surface area (Å²) >= 11 is 2.25. The Bertz CT molecular complexity index is 448. The second-order valence-electron chi connectivity index (χ2n) is 4.26. The van der Waals surface area contributed by atoms with E-state index in [9.17, 15) is 14.9 Å². The molecule has 112 valence electrons. The number of hydrogen-bond acceptors (Lipinski definition) is 6. The number of nitrogens with one attached hydrogen (secondary N) is 1. The number of carbonyl (C=O) groups is 1. The lowest BCUT2D eigenvalue weighted by Crippen LogP contribution is -2.27. The number of thioether (sulfide) groups is 1. The Morgan fingerprint density at radius 1 is 1.60 bits per heavy atom. The van der Waals surface area contributed by atoms with E-state index in [4.69, 9.17) is 4.74 Å². The maximum Gasteiger partial charge on any atom is 0.337 e. The third kappa shape index (κ3) is 6.36. The molecule has 1 aromatic rings. The van der Waals surface area contributed by atoms with Crippen molar-refractivity contribution in [1.82, 2.24) is 5.32 Å². The Hall–Kier alpha value is -1.12. The Morgan fingerprint density at radius 2 is 2.35 bits per heavy atom. The number of nitrogens with zero attached hydrogens (tertiary/aromatic N) is 1. The molecule has 0 spiro atoms. The zero-order valence-electron chi connectivity index (χ0n) is 11.5. The van der Waals surface area contributed by atoms with Crippen LogP contribution >= 0.6 is 23.1 Å². The third-order valence-electron chi connectivity index (χ3n) is 2.23. The van der Waals surface area contributed by atoms with Gasteiger partial charge in [0.1, 0.15) is 0 Å². The predicted molar refractivity (Wildman–Crippen MR) is 80.4 cm³/mol. The number of thiophene rings is 1. The number of nitro groups is 1. The minimum absolute atomic E-state index is 0.0909. The number of carbonyl (C=O) groups excluding carboxylic acids is 1. The Labute approximate surface area is 126 Å². The molecule has 20 heavy (non-hydrogen) atoms. The maximum atomic E-state index is 11.6. The van der Waals surface area contributed by atoms with Gasteiger partial charge in [0.25, 0.3) is 0 Å². The first-order valence-corrected chi connectivity index (χ1v) is 8.10. The summed E-state index contributed by atoms with van der Waals surface area (Å²) in [6.45, 7) is 5.09. The van der Waals surface area contributed by atoms with Gasteiger partial charge in [-0.05, 0) is 31.7 Å². The first kappa shape index (κ1) is 16.9. The fourth-order valence-corrected chi connectivity index (χ4v) is 3.11. The molecule has 1 rings (SSSR count). The maximum absolute atomic E-state index is 11.6. The van der Waals surface area contributed by atoms with E-state index in [0.717, 1.165) is 17.8 Å². The number of amides is 1. The molecule has 1 N–H and O–H groups in total. The molecule has 1 aromatic heterocycles. The van der Waals surface area contributed by atoms with Crippen LogP contribution in [0.4, 0.5) is 5.00 Å². The second kappa shape index (κ2) is 8.93. The van der Waals surface area contributed by atoms with Crippen molar-refractivity contribution in [2.24, 2.45) is 0 Å². The highest BCUT2D eigenvalue weighted by Gasteiger charge is 2.16. The van der Waals surface area contributed by atoms with E-state index in [2.05, 4.69) is 5.32 Å². The van der Waals surface area contributed by atoms with Crippen molar-refractivity contribution in [2.75, 3.05) is 18.9 Å². The summed E-state index contributed by atoms with van der Waals surface area (Å²) in [6.07, 6.45) is 0.952. The van der Waals surface area contributed by atoms with E-state index in [1.165, 1.54) is 11.8 Å². The van der Waals surface area contributed by atoms with Gasteiger partial charge < -0.3 is 10.1 Å². The molecule has 1 amide bonds. The van der Waals surface area contributed by atoms with Crippen LogP contribution in [0, 0.1) is 10.1 Å². The first-order chi connectivity index (χ1) is 9.50. The van der Waals surface area contributed by atoms with Crippen LogP contribution in [0.25, 0.3) is 0 Å². The van der Waals surface area contributed by atoms with E-state index in [1.54, 1.807) is 11.4 Å². The zero-order chi connectivity index (χ0) is 15.0. The summed E-state index contributed by atoms with van der Waals surface area (Å²) in [5, 5.41) is 15.2. The summed E-state index contributed by atoms with van der Waals surface area (Å²) in [5.74, 6) is 0.0582. The van der Waals surface area contributed by atoms with Crippen LogP contribution in [-0.4, -0.2) is 35.8 Å². The topological polar surface area (TPSA) is 81.5 Å². The average Bonchev–Trinajstić information content (AvgIpc) is 2.84. The Morgan fingerprint density at radius 3 is 3.00 bits per heavy atom. The number of hydrogen-bond donors (Lipinski definition) is 1. The van der Waals surface area contributed by atoms with Crippen LogP contribution in [0.3, 0.4) is 0 Å². The largest absolute Gasteiger partial charge is 0.379 e. The molecule has 0 aromatic carbocycles. The van der Waals surface area contributed by atoms with E-state index in [-0.39, 0.29) is 22.8 Å². The molecule has 0 aliphatic heterocycles. The highest BCUT2D eigenvalue weighted by atomic mass is 32.2. The Kier molecular flexibility index (Phi) is 7.56. The summed E-state index contributed by atoms with van der Waals surface area (Å²) in [7, 11) is 0. The van der Waals surface area contributed by atoms with Gasteiger partial charge in [0.15, 0.2) is 0 Å². The SMILES string of the molecule is CC(C)OCCCNC(=O)CSc1ccsc1[N+](=O)[O-]. The number of rotatable bonds is 9. The van der Waals surface area contributed by atoms with Crippen molar-refractivity contribution in [2.45, 2.75) is 31.3 Å². The lowest BCUT2D eigenvalue weighted by molar-refractivity contribution is -0.382. The van der Waals surface area contributed by atoms with Gasteiger partial charge in [-0.25, -0.2) is 0 Å². The van der Waals surface area contributed by atoms with Crippen molar-refractivity contribution in [3.8, 4) is 0 Å². The van der Waals surface area contributed by atoms with Crippen LogP contribution in [0.1, 0.15) is 20.3 Å². The molecular formula is C12H18N2O4S2. The van der Waals surface area contributed by atoms with Crippen LogP contribution < -0.4 is 5.32 Å². The van der Waals surface area contributed by atoms with E-state index < -0.39 is 4.92 Å². The number of ether oxygens (including phenoxy) is 1. The van der Waals surface area contributed by atoms with Gasteiger partial charge in [-0.15, -0.1) is 11.8 Å². The highest BCUT2D eigenvalue weighted by Crippen LogP contribution is 2.33. The smallest absolute Gasteiger partial charge is 0.337 e. The van der Waals surface area contributed by atoms with Gasteiger partial charge >= 0.3 is 5.00 Å². The third-order valence-corrected chi connectivity index (χ3v) is 4.27. The molecule has 0 aliphatic rings. The summed E-state index contributed by atoms with van der Waals surface area (Å²) in [4.78, 5) is 22.4. The van der Waals surface area contributed by atoms with Crippen molar-refractivity contribution in [1.29, 1.82) is 0 Å². The summed E-state index contributed by atoms with van der Waals surface area (Å²) < 4.78 is 5.35. The second-order valence-corrected chi connectivity index (χ2v) is 6.17. The standard InChI is InChI=1S/C12H18N2O4S2/c1-9(2)18-6-3-5-13-11(15)8-20-10-4-7-19-12(10)14(16)17/h4,7,9H,3,5-6,8H2,1-2H3,(H,13,15). The molecule has 1 heterocycles. The summed E-state index contributed by atoms with van der Waals surface area (Å²) in [6, 6.07) is 1.66. The van der Waals surface area contributed by atoms with Crippen molar-refractivity contribution >= 4 is 34.0 Å². The van der Waals surface area contributed by atoms with Crippen molar-refractivity contribution < 1.29 is 14.5 Å². The zero-order valence-corrected chi connectivity index (χ0v) is 13.1. The van der Waals surface area contributed by atoms with E-state index >= 15 is 0 Å². The first-order valence-electron chi connectivity index (χ1n) is 6.23. The quantitative estimate of drug-likeness (QED) is 0.328. The van der Waals surface area contributed by atoms with Gasteiger partial charge in [-0.3, -0.25) is 14.9 Å². The highest BCUT2D eigenvalue weighted by molar-refractivity contribution is 8.00. The average molecular weight is 318 g/mol. The molecule has 0 radical (unpaired) electrons. The van der Waals surface area contributed by atoms with Crippen molar-refractivity contribution in [3.63, 3.8) is 0 Å². The van der Waals surface area contributed by atoms with Crippen molar-refractivity contribution in [3.05, 3.63) is 21.6 Å². The summed E-state index contributed by atoms with van der Waals surface area (Å²) in [5.41, 5.74) is 0. The van der Waals surface area contributed by atoms with Gasteiger partial charge in [0, 0.05) is 13.2 Å². The molecular weight excluding hydrogens is 300 g/mol. The fraction of sp³-hybridized carbons (Fsp3) is 0.583. The normalized spacial score (nSPS) is 10.8. The molecule has 0 atom stereocenters. The monoisotopic (exact) mass is 318 g/mol. The van der Waals surface area contributed by atoms with E-state index in [1.807, 2.05) is 13.8 Å². The molecule has 0 unspecified atom stereocenters. The molecule has 8 heteroatoms. The van der Waals surface area contributed by atoms with Gasteiger partial charge in [-0.2, -0.15) is 0 Å². The minimum atomic E-state index is -0.422. The van der Waals surface area contributed by atoms with E-state index in [0.29, 0.717) is 18.0 Å². The minimum Gasteiger partial charge on any atom is -0.379 e. The van der Waals surface area contributed by atoms with Crippen LogP contribution in [0.2, 0.25) is 0 Å². The van der Waals surface area contributed by atoms with Crippen LogP contribution in [-0.2, 0) is 9.53 Å². The van der Waals surface area contributed by atoms with Crippen LogP contribution in [0.5, 0.6) is 0 Å².